The molecule has 0 saturated heterocycles. The number of benzene rings is 1. The van der Waals surface area contributed by atoms with Crippen molar-refractivity contribution >= 4 is 15.9 Å². The maximum atomic E-state index is 11.0. The van der Waals surface area contributed by atoms with Crippen LogP contribution in [0.2, 0.25) is 0 Å². The zero-order valence-corrected chi connectivity index (χ0v) is 8.66. The Balaban J connectivity index is 2.77. The Morgan fingerprint density at radius 1 is 1.36 bits per heavy atom. The van der Waals surface area contributed by atoms with Gasteiger partial charge in [-0.25, -0.2) is 5.14 Å². The lowest BCUT2D eigenvalue weighted by Crippen LogP contribution is -2.40. The molecule has 1 aromatic rings. The molecule has 3 N–H and O–H groups in total. The van der Waals surface area contributed by atoms with Crippen LogP contribution in [0, 0.1) is 0 Å². The minimum atomic E-state index is -3.69. The summed E-state index contributed by atoms with van der Waals surface area (Å²) in [5.41, 5.74) is 3.37. The van der Waals surface area contributed by atoms with Gasteiger partial charge in [-0.3, -0.25) is 0 Å². The van der Waals surface area contributed by atoms with E-state index in [1.165, 1.54) is 0 Å². The quantitative estimate of drug-likeness (QED) is 0.720. The van der Waals surface area contributed by atoms with Crippen molar-refractivity contribution in [1.29, 1.82) is 0 Å². The molecule has 0 aliphatic heterocycles. The average molecular weight is 215 g/mol. The molecule has 1 aromatic carbocycles. The average Bonchev–Trinajstić information content (AvgIpc) is 2.14. The summed E-state index contributed by atoms with van der Waals surface area (Å²) in [5.74, 6) is 0. The number of hydrazine groups is 1. The molecule has 0 aromatic heterocycles. The number of nitrogens with zero attached hydrogens (tertiary/aromatic N) is 1. The van der Waals surface area contributed by atoms with E-state index in [4.69, 9.17) is 5.14 Å². The third kappa shape index (κ3) is 2.99. The molecule has 0 aliphatic carbocycles. The van der Waals surface area contributed by atoms with Crippen LogP contribution in [0.4, 0.5) is 5.69 Å². The highest BCUT2D eigenvalue weighted by molar-refractivity contribution is 7.86. The first kappa shape index (κ1) is 11.0. The van der Waals surface area contributed by atoms with Crippen LogP contribution >= 0.6 is 0 Å². The molecular formula is C8H13N3O2S. The minimum absolute atomic E-state index is 0.272. The summed E-state index contributed by atoms with van der Waals surface area (Å²) in [4.78, 5) is 0. The molecule has 0 heterocycles. The van der Waals surface area contributed by atoms with Crippen molar-refractivity contribution in [2.24, 2.45) is 5.14 Å². The Labute approximate surface area is 83.7 Å². The highest BCUT2D eigenvalue weighted by atomic mass is 32.2. The highest BCUT2D eigenvalue weighted by Gasteiger charge is 2.13. The second kappa shape index (κ2) is 4.41. The summed E-state index contributed by atoms with van der Waals surface area (Å²) in [6, 6.07) is 8.97. The third-order valence-electron chi connectivity index (χ3n) is 1.62. The Morgan fingerprint density at radius 2 is 1.93 bits per heavy atom. The molecule has 0 amide bonds. The third-order valence-corrected chi connectivity index (χ3v) is 2.59. The van der Waals surface area contributed by atoms with Gasteiger partial charge in [0, 0.05) is 6.54 Å². The fraction of sp³-hybridized carbons (Fsp3) is 0.250. The maximum absolute atomic E-state index is 11.0. The normalized spacial score (nSPS) is 11.6. The molecule has 14 heavy (non-hydrogen) atoms. The number of rotatable bonds is 4. The van der Waals surface area contributed by atoms with Gasteiger partial charge in [0.2, 0.25) is 0 Å². The van der Waals surface area contributed by atoms with E-state index < -0.39 is 10.2 Å². The standard InChI is InChI=1S/C8H13N3O2S/c1-2-11(14(9,12)13)10-8-6-4-3-5-7-8/h3-7,10H,2H2,1H3,(H2,9,12,13). The lowest BCUT2D eigenvalue weighted by molar-refractivity contribution is 0.483. The van der Waals surface area contributed by atoms with Crippen LogP contribution in [0.3, 0.4) is 0 Å². The van der Waals surface area contributed by atoms with Crippen LogP contribution in [0.5, 0.6) is 0 Å². The van der Waals surface area contributed by atoms with Crippen molar-refractivity contribution in [3.8, 4) is 0 Å². The first-order valence-electron chi connectivity index (χ1n) is 4.16. The SMILES string of the molecule is CCN(Nc1ccccc1)S(N)(=O)=O. The van der Waals surface area contributed by atoms with Crippen molar-refractivity contribution in [2.45, 2.75) is 6.92 Å². The summed E-state index contributed by atoms with van der Waals surface area (Å²) in [7, 11) is -3.69. The summed E-state index contributed by atoms with van der Waals surface area (Å²) in [6.07, 6.45) is 0. The maximum Gasteiger partial charge on any atom is 0.293 e. The summed E-state index contributed by atoms with van der Waals surface area (Å²) >= 11 is 0. The van der Waals surface area contributed by atoms with Crippen molar-refractivity contribution in [3.63, 3.8) is 0 Å². The molecule has 0 spiro atoms. The number of para-hydroxylation sites is 1. The second-order valence-corrected chi connectivity index (χ2v) is 4.16. The molecular weight excluding hydrogens is 202 g/mol. The lowest BCUT2D eigenvalue weighted by Gasteiger charge is -2.19. The van der Waals surface area contributed by atoms with Gasteiger partial charge < -0.3 is 5.43 Å². The molecule has 6 heteroatoms. The van der Waals surface area contributed by atoms with E-state index in [1.807, 2.05) is 6.07 Å². The molecule has 0 fully saturated rings. The van der Waals surface area contributed by atoms with Crippen molar-refractivity contribution in [3.05, 3.63) is 30.3 Å². The van der Waals surface area contributed by atoms with Crippen molar-refractivity contribution in [1.82, 2.24) is 4.41 Å². The Kier molecular flexibility index (Phi) is 3.45. The molecule has 5 nitrogen and oxygen atoms in total. The van der Waals surface area contributed by atoms with Gasteiger partial charge in [-0.15, -0.1) is 4.41 Å². The summed E-state index contributed by atoms with van der Waals surface area (Å²) in [6.45, 7) is 1.97. The largest absolute Gasteiger partial charge is 0.305 e. The molecule has 1 rings (SSSR count). The number of hydrogen-bond acceptors (Lipinski definition) is 3. The van der Waals surface area contributed by atoms with Gasteiger partial charge in [-0.05, 0) is 19.1 Å². The molecule has 0 aliphatic rings. The first-order chi connectivity index (χ1) is 6.54. The molecule has 0 unspecified atom stereocenters. The molecule has 0 saturated carbocycles. The smallest absolute Gasteiger partial charge is 0.293 e. The number of hydrogen-bond donors (Lipinski definition) is 2. The van der Waals surface area contributed by atoms with Gasteiger partial charge in [0.15, 0.2) is 0 Å². The van der Waals surface area contributed by atoms with Crippen LogP contribution in [0.25, 0.3) is 0 Å². The summed E-state index contributed by atoms with van der Waals surface area (Å²) in [5, 5.41) is 4.97. The molecule has 0 atom stereocenters. The van der Waals surface area contributed by atoms with Crippen molar-refractivity contribution in [2.75, 3.05) is 12.0 Å². The molecule has 78 valence electrons. The van der Waals surface area contributed by atoms with Crippen molar-refractivity contribution < 1.29 is 8.42 Å². The van der Waals surface area contributed by atoms with E-state index in [2.05, 4.69) is 5.43 Å². The predicted octanol–water partition coefficient (Wildman–Crippen LogP) is 0.539. The van der Waals surface area contributed by atoms with E-state index >= 15 is 0 Å². The molecule has 0 bridgehead atoms. The summed E-state index contributed by atoms with van der Waals surface area (Å²) < 4.78 is 23.0. The topological polar surface area (TPSA) is 75.4 Å². The van der Waals surface area contributed by atoms with E-state index in [1.54, 1.807) is 31.2 Å². The van der Waals surface area contributed by atoms with Gasteiger partial charge in [0.25, 0.3) is 10.2 Å². The fourth-order valence-electron chi connectivity index (χ4n) is 0.979. The monoisotopic (exact) mass is 215 g/mol. The number of nitrogens with one attached hydrogen (secondary N) is 1. The Hall–Kier alpha value is -1.11. The van der Waals surface area contributed by atoms with Crippen LogP contribution in [-0.2, 0) is 10.2 Å². The minimum Gasteiger partial charge on any atom is -0.305 e. The van der Waals surface area contributed by atoms with E-state index in [9.17, 15) is 8.42 Å². The zero-order chi connectivity index (χ0) is 10.6. The Morgan fingerprint density at radius 3 is 2.36 bits per heavy atom. The lowest BCUT2D eigenvalue weighted by atomic mass is 10.3. The van der Waals surface area contributed by atoms with Gasteiger partial charge in [-0.2, -0.15) is 8.42 Å². The first-order valence-corrected chi connectivity index (χ1v) is 5.66. The van der Waals surface area contributed by atoms with Crippen LogP contribution in [0.1, 0.15) is 6.92 Å². The van der Waals surface area contributed by atoms with Crippen LogP contribution < -0.4 is 10.6 Å². The highest BCUT2D eigenvalue weighted by Crippen LogP contribution is 2.07. The van der Waals surface area contributed by atoms with Gasteiger partial charge in [-0.1, -0.05) is 18.2 Å². The van der Waals surface area contributed by atoms with E-state index in [0.29, 0.717) is 5.69 Å². The fourth-order valence-corrected chi connectivity index (χ4v) is 1.57. The zero-order valence-electron chi connectivity index (χ0n) is 7.84. The van der Waals surface area contributed by atoms with Crippen LogP contribution in [-0.4, -0.2) is 19.4 Å². The number of nitrogens with two attached hydrogens (primary N) is 1. The van der Waals surface area contributed by atoms with Gasteiger partial charge in [0.05, 0.1) is 5.69 Å². The van der Waals surface area contributed by atoms with Gasteiger partial charge >= 0.3 is 0 Å². The van der Waals surface area contributed by atoms with Crippen LogP contribution in [0.15, 0.2) is 30.3 Å². The van der Waals surface area contributed by atoms with E-state index in [0.717, 1.165) is 4.41 Å². The number of anilines is 1. The predicted molar refractivity (Wildman–Crippen MR) is 55.6 cm³/mol. The molecule has 0 radical (unpaired) electrons. The second-order valence-electron chi connectivity index (χ2n) is 2.69. The van der Waals surface area contributed by atoms with E-state index in [-0.39, 0.29) is 6.54 Å². The van der Waals surface area contributed by atoms with Gasteiger partial charge in [0.1, 0.15) is 0 Å². The Bertz CT molecular complexity index is 377.